The van der Waals surface area contributed by atoms with E-state index in [0.29, 0.717) is 11.5 Å². The van der Waals surface area contributed by atoms with Crippen molar-refractivity contribution < 1.29 is 4.74 Å². The molecule has 0 radical (unpaired) electrons. The van der Waals surface area contributed by atoms with Crippen molar-refractivity contribution in [1.29, 1.82) is 0 Å². The van der Waals surface area contributed by atoms with Crippen LogP contribution in [0, 0.1) is 5.41 Å². The molecule has 0 unspecified atom stereocenters. The van der Waals surface area contributed by atoms with Crippen LogP contribution in [0.15, 0.2) is 0 Å². The fraction of sp³-hybridized carbons (Fsp3) is 1.00. The molecule has 0 spiro atoms. The van der Waals surface area contributed by atoms with Crippen LogP contribution >= 0.6 is 0 Å². The van der Waals surface area contributed by atoms with Crippen molar-refractivity contribution in [3.8, 4) is 0 Å². The molecule has 1 saturated heterocycles. The number of hydrogen-bond donors (Lipinski definition) is 1. The lowest BCUT2D eigenvalue weighted by Gasteiger charge is -2.35. The summed E-state index contributed by atoms with van der Waals surface area (Å²) >= 11 is 0. The Morgan fingerprint density at radius 1 is 1.28 bits per heavy atom. The molecular weight excluding hydrogens is 224 g/mol. The summed E-state index contributed by atoms with van der Waals surface area (Å²) in [4.78, 5) is 2.59. The van der Waals surface area contributed by atoms with Gasteiger partial charge in [-0.3, -0.25) is 0 Å². The monoisotopic (exact) mass is 254 g/mol. The van der Waals surface area contributed by atoms with Crippen LogP contribution < -0.4 is 5.32 Å². The number of piperidine rings is 1. The number of nitrogens with zero attached hydrogens (tertiary/aromatic N) is 1. The van der Waals surface area contributed by atoms with Gasteiger partial charge in [0.1, 0.15) is 0 Å². The minimum absolute atomic E-state index is 0.588. The van der Waals surface area contributed by atoms with Crippen LogP contribution in [0.2, 0.25) is 0 Å². The van der Waals surface area contributed by atoms with Gasteiger partial charge in [-0.1, -0.05) is 0 Å². The minimum Gasteiger partial charge on any atom is -0.385 e. The highest BCUT2D eigenvalue weighted by Gasteiger charge is 2.42. The molecule has 1 aliphatic heterocycles. The van der Waals surface area contributed by atoms with E-state index in [1.54, 1.807) is 0 Å². The first-order valence-corrected chi connectivity index (χ1v) is 7.62. The molecular formula is C15H30N2O. The topological polar surface area (TPSA) is 24.5 Å². The highest BCUT2D eigenvalue weighted by Crippen LogP contribution is 2.48. The van der Waals surface area contributed by atoms with E-state index in [4.69, 9.17) is 4.74 Å². The molecule has 1 heterocycles. The first-order valence-electron chi connectivity index (χ1n) is 7.62. The molecule has 1 N–H and O–H groups in total. The van der Waals surface area contributed by atoms with Gasteiger partial charge in [0.15, 0.2) is 0 Å². The second-order valence-corrected chi connectivity index (χ2v) is 6.53. The standard InChI is InChI=1S/C15H30N2O/c1-13(2)17-9-4-14(5-10-17)16-12-15(6-7-15)8-11-18-3/h13-14,16H,4-12H2,1-3H3. The Bertz CT molecular complexity index is 243. The zero-order chi connectivity index (χ0) is 13.0. The average Bonchev–Trinajstić information content (AvgIpc) is 3.15. The average molecular weight is 254 g/mol. The smallest absolute Gasteiger partial charge is 0.0468 e. The zero-order valence-electron chi connectivity index (χ0n) is 12.4. The SMILES string of the molecule is COCCC1(CNC2CCN(C(C)C)CC2)CC1. The molecule has 3 nitrogen and oxygen atoms in total. The van der Waals surface area contributed by atoms with Crippen molar-refractivity contribution in [1.82, 2.24) is 10.2 Å². The highest BCUT2D eigenvalue weighted by atomic mass is 16.5. The minimum atomic E-state index is 0.588. The largest absolute Gasteiger partial charge is 0.385 e. The van der Waals surface area contributed by atoms with Crippen LogP contribution in [0.1, 0.15) is 46.0 Å². The summed E-state index contributed by atoms with van der Waals surface area (Å²) in [6.45, 7) is 9.27. The Morgan fingerprint density at radius 2 is 1.94 bits per heavy atom. The molecule has 0 aromatic rings. The van der Waals surface area contributed by atoms with E-state index in [1.807, 2.05) is 7.11 Å². The summed E-state index contributed by atoms with van der Waals surface area (Å²) in [7, 11) is 1.81. The van der Waals surface area contributed by atoms with Gasteiger partial charge in [-0.25, -0.2) is 0 Å². The van der Waals surface area contributed by atoms with Crippen LogP contribution in [-0.2, 0) is 4.74 Å². The second-order valence-electron chi connectivity index (χ2n) is 6.53. The van der Waals surface area contributed by atoms with Gasteiger partial charge in [-0.15, -0.1) is 0 Å². The molecule has 0 aromatic heterocycles. The third kappa shape index (κ3) is 3.94. The van der Waals surface area contributed by atoms with Gasteiger partial charge in [0.05, 0.1) is 0 Å². The zero-order valence-corrected chi connectivity index (χ0v) is 12.4. The molecule has 18 heavy (non-hydrogen) atoms. The predicted octanol–water partition coefficient (Wildman–Crippen LogP) is 2.27. The van der Waals surface area contributed by atoms with Crippen molar-refractivity contribution in [2.45, 2.75) is 58.0 Å². The summed E-state index contributed by atoms with van der Waals surface area (Å²) in [6, 6.07) is 1.46. The third-order valence-electron chi connectivity index (χ3n) is 4.82. The van der Waals surface area contributed by atoms with Crippen molar-refractivity contribution in [2.24, 2.45) is 5.41 Å². The molecule has 106 valence electrons. The molecule has 2 fully saturated rings. The lowest BCUT2D eigenvalue weighted by molar-refractivity contribution is 0.150. The molecule has 0 atom stereocenters. The fourth-order valence-corrected chi connectivity index (χ4v) is 2.99. The summed E-state index contributed by atoms with van der Waals surface area (Å²) in [5.41, 5.74) is 0.588. The van der Waals surface area contributed by atoms with Crippen LogP contribution in [0.3, 0.4) is 0 Å². The number of hydrogen-bond acceptors (Lipinski definition) is 3. The molecule has 0 amide bonds. The van der Waals surface area contributed by atoms with Crippen LogP contribution in [0.25, 0.3) is 0 Å². The lowest BCUT2D eigenvalue weighted by atomic mass is 9.99. The number of ether oxygens (including phenoxy) is 1. The van der Waals surface area contributed by atoms with E-state index >= 15 is 0 Å². The Hall–Kier alpha value is -0.120. The molecule has 2 aliphatic rings. The fourth-order valence-electron chi connectivity index (χ4n) is 2.99. The summed E-state index contributed by atoms with van der Waals surface area (Å²) < 4.78 is 5.22. The van der Waals surface area contributed by atoms with E-state index in [0.717, 1.165) is 12.6 Å². The number of likely N-dealkylation sites (tertiary alicyclic amines) is 1. The Labute approximate surface area is 112 Å². The van der Waals surface area contributed by atoms with Gasteiger partial charge in [-0.2, -0.15) is 0 Å². The summed E-state index contributed by atoms with van der Waals surface area (Å²) in [5.74, 6) is 0. The summed E-state index contributed by atoms with van der Waals surface area (Å²) in [5, 5.41) is 3.81. The lowest BCUT2D eigenvalue weighted by Crippen LogP contribution is -2.46. The Kier molecular flexibility index (Phi) is 5.05. The molecule has 0 bridgehead atoms. The van der Waals surface area contributed by atoms with E-state index in [-0.39, 0.29) is 0 Å². The van der Waals surface area contributed by atoms with Crippen LogP contribution in [-0.4, -0.2) is 50.3 Å². The number of methoxy groups -OCH3 is 1. The first kappa shape index (κ1) is 14.3. The van der Waals surface area contributed by atoms with Crippen molar-refractivity contribution in [3.05, 3.63) is 0 Å². The molecule has 2 rings (SSSR count). The van der Waals surface area contributed by atoms with Gasteiger partial charge in [0, 0.05) is 32.3 Å². The predicted molar refractivity (Wildman–Crippen MR) is 75.9 cm³/mol. The quantitative estimate of drug-likeness (QED) is 0.754. The first-order chi connectivity index (χ1) is 8.65. The van der Waals surface area contributed by atoms with Crippen molar-refractivity contribution >= 4 is 0 Å². The van der Waals surface area contributed by atoms with E-state index in [2.05, 4.69) is 24.1 Å². The van der Waals surface area contributed by atoms with Gasteiger partial charge >= 0.3 is 0 Å². The van der Waals surface area contributed by atoms with Crippen LogP contribution in [0.4, 0.5) is 0 Å². The normalized spacial score (nSPS) is 24.7. The highest BCUT2D eigenvalue weighted by molar-refractivity contribution is 4.95. The van der Waals surface area contributed by atoms with E-state index in [9.17, 15) is 0 Å². The maximum Gasteiger partial charge on any atom is 0.0468 e. The maximum atomic E-state index is 5.22. The number of nitrogens with one attached hydrogen (secondary N) is 1. The second kappa shape index (κ2) is 6.36. The van der Waals surface area contributed by atoms with Gasteiger partial charge in [-0.05, 0) is 64.5 Å². The van der Waals surface area contributed by atoms with Crippen LogP contribution in [0.5, 0.6) is 0 Å². The Morgan fingerprint density at radius 3 is 2.44 bits per heavy atom. The van der Waals surface area contributed by atoms with Crippen molar-refractivity contribution in [3.63, 3.8) is 0 Å². The van der Waals surface area contributed by atoms with Gasteiger partial charge in [0.25, 0.3) is 0 Å². The van der Waals surface area contributed by atoms with E-state index < -0.39 is 0 Å². The molecule has 1 saturated carbocycles. The van der Waals surface area contributed by atoms with E-state index in [1.165, 1.54) is 51.7 Å². The van der Waals surface area contributed by atoms with Crippen molar-refractivity contribution in [2.75, 3.05) is 33.4 Å². The van der Waals surface area contributed by atoms with Gasteiger partial charge in [0.2, 0.25) is 0 Å². The maximum absolute atomic E-state index is 5.22. The molecule has 0 aromatic carbocycles. The molecule has 1 aliphatic carbocycles. The molecule has 3 heteroatoms. The third-order valence-corrected chi connectivity index (χ3v) is 4.82. The summed E-state index contributed by atoms with van der Waals surface area (Å²) in [6.07, 6.45) is 6.67. The number of rotatable bonds is 7. The Balaban J connectivity index is 1.63. The van der Waals surface area contributed by atoms with Gasteiger partial charge < -0.3 is 15.0 Å².